The lowest BCUT2D eigenvalue weighted by Crippen LogP contribution is -2.52. The highest BCUT2D eigenvalue weighted by molar-refractivity contribution is 7.85. The quantitative estimate of drug-likeness (QED) is 0.870. The second kappa shape index (κ2) is 8.81. The van der Waals surface area contributed by atoms with Gasteiger partial charge in [-0.05, 0) is 39.3 Å². The largest absolute Gasteiger partial charge is 0.444 e. The van der Waals surface area contributed by atoms with Gasteiger partial charge in [0, 0.05) is 40.9 Å². The molecule has 0 aromatic heterocycles. The van der Waals surface area contributed by atoms with E-state index in [0.717, 1.165) is 18.5 Å². The molecule has 2 rings (SSSR count). The van der Waals surface area contributed by atoms with Gasteiger partial charge in [-0.15, -0.1) is 0 Å². The Morgan fingerprint density at radius 3 is 2.56 bits per heavy atom. The SMILES string of the molecule is CCNC1CC(N(Cc2ccccc2)C(=O)OC(C)(C)C)CS(=O)C1. The molecular formula is C19H30N2O3S. The molecule has 3 unspecified atom stereocenters. The number of hydrogen-bond acceptors (Lipinski definition) is 4. The van der Waals surface area contributed by atoms with Gasteiger partial charge >= 0.3 is 6.09 Å². The molecule has 1 aromatic carbocycles. The Bertz CT molecular complexity index is 586. The zero-order valence-electron chi connectivity index (χ0n) is 15.7. The van der Waals surface area contributed by atoms with Crippen LogP contribution in [0.4, 0.5) is 4.79 Å². The number of carbonyl (C=O) groups excluding carboxylic acids is 1. The topological polar surface area (TPSA) is 58.6 Å². The maximum absolute atomic E-state index is 12.8. The van der Waals surface area contributed by atoms with Crippen LogP contribution in [0.3, 0.4) is 0 Å². The molecule has 0 spiro atoms. The van der Waals surface area contributed by atoms with E-state index in [1.807, 2.05) is 58.0 Å². The van der Waals surface area contributed by atoms with Crippen molar-refractivity contribution in [1.29, 1.82) is 0 Å². The monoisotopic (exact) mass is 366 g/mol. The van der Waals surface area contributed by atoms with Crippen molar-refractivity contribution in [2.24, 2.45) is 0 Å². The van der Waals surface area contributed by atoms with Crippen molar-refractivity contribution in [3.63, 3.8) is 0 Å². The lowest BCUT2D eigenvalue weighted by atomic mass is 10.1. The summed E-state index contributed by atoms with van der Waals surface area (Å²) in [6, 6.07) is 9.96. The number of amides is 1. The van der Waals surface area contributed by atoms with Crippen LogP contribution in [0.25, 0.3) is 0 Å². The summed E-state index contributed by atoms with van der Waals surface area (Å²) in [7, 11) is -0.932. The van der Waals surface area contributed by atoms with Crippen molar-refractivity contribution in [2.45, 2.75) is 58.3 Å². The number of nitrogens with one attached hydrogen (secondary N) is 1. The molecule has 1 saturated heterocycles. The van der Waals surface area contributed by atoms with E-state index in [0.29, 0.717) is 18.1 Å². The Labute approximate surface area is 153 Å². The summed E-state index contributed by atoms with van der Waals surface area (Å²) in [5, 5.41) is 3.38. The van der Waals surface area contributed by atoms with Crippen LogP contribution >= 0.6 is 0 Å². The Hall–Kier alpha value is -1.40. The molecule has 0 bridgehead atoms. The first kappa shape index (κ1) is 19.9. The van der Waals surface area contributed by atoms with Gasteiger partial charge in [-0.3, -0.25) is 9.11 Å². The van der Waals surface area contributed by atoms with Crippen molar-refractivity contribution in [2.75, 3.05) is 18.1 Å². The molecule has 140 valence electrons. The summed E-state index contributed by atoms with van der Waals surface area (Å²) in [5.41, 5.74) is 0.491. The first-order valence-corrected chi connectivity index (χ1v) is 10.4. The van der Waals surface area contributed by atoms with E-state index in [2.05, 4.69) is 5.32 Å². The fourth-order valence-electron chi connectivity index (χ4n) is 3.06. The van der Waals surface area contributed by atoms with Crippen LogP contribution < -0.4 is 5.32 Å². The van der Waals surface area contributed by atoms with Gasteiger partial charge in [-0.1, -0.05) is 37.3 Å². The van der Waals surface area contributed by atoms with Crippen LogP contribution in [0.2, 0.25) is 0 Å². The van der Waals surface area contributed by atoms with Gasteiger partial charge in [0.05, 0.1) is 0 Å². The molecule has 1 aromatic rings. The molecule has 1 aliphatic rings. The minimum Gasteiger partial charge on any atom is -0.444 e. The second-order valence-corrected chi connectivity index (χ2v) is 9.06. The molecular weight excluding hydrogens is 336 g/mol. The van der Waals surface area contributed by atoms with E-state index in [9.17, 15) is 9.00 Å². The first-order chi connectivity index (χ1) is 11.8. The van der Waals surface area contributed by atoms with E-state index in [1.165, 1.54) is 0 Å². The Balaban J connectivity index is 2.20. The summed E-state index contributed by atoms with van der Waals surface area (Å²) in [5.74, 6) is 1.16. The number of rotatable bonds is 5. The molecule has 1 heterocycles. The predicted molar refractivity (Wildman–Crippen MR) is 102 cm³/mol. The normalized spacial score (nSPS) is 23.9. The molecule has 1 N–H and O–H groups in total. The summed E-state index contributed by atoms with van der Waals surface area (Å²) in [6.07, 6.45) is 0.460. The maximum atomic E-state index is 12.8. The van der Waals surface area contributed by atoms with E-state index in [4.69, 9.17) is 4.74 Å². The number of benzene rings is 1. The molecule has 0 saturated carbocycles. The molecule has 0 aliphatic carbocycles. The van der Waals surface area contributed by atoms with Crippen LogP contribution in [0.15, 0.2) is 30.3 Å². The number of carbonyl (C=O) groups is 1. The zero-order valence-corrected chi connectivity index (χ0v) is 16.5. The van der Waals surface area contributed by atoms with Gasteiger partial charge in [0.25, 0.3) is 0 Å². The minimum absolute atomic E-state index is 0.0892. The third kappa shape index (κ3) is 6.44. The highest BCUT2D eigenvalue weighted by Crippen LogP contribution is 2.22. The standard InChI is InChI=1S/C19H30N2O3S/c1-5-20-16-11-17(14-25(23)13-16)21(18(22)24-19(2,3)4)12-15-9-7-6-8-10-15/h6-10,16-17,20H,5,11-14H2,1-4H3. The van der Waals surface area contributed by atoms with Gasteiger partial charge in [-0.25, -0.2) is 4.79 Å². The number of ether oxygens (including phenoxy) is 1. The van der Waals surface area contributed by atoms with Crippen molar-refractivity contribution in [3.05, 3.63) is 35.9 Å². The highest BCUT2D eigenvalue weighted by Gasteiger charge is 2.34. The van der Waals surface area contributed by atoms with Crippen LogP contribution in [0.1, 0.15) is 39.7 Å². The van der Waals surface area contributed by atoms with Crippen LogP contribution in [-0.2, 0) is 22.1 Å². The van der Waals surface area contributed by atoms with Crippen LogP contribution in [-0.4, -0.2) is 50.9 Å². The third-order valence-corrected chi connectivity index (χ3v) is 5.61. The predicted octanol–water partition coefficient (Wildman–Crippen LogP) is 2.92. The molecule has 1 amide bonds. The fourth-order valence-corrected chi connectivity index (χ4v) is 4.65. The summed E-state index contributed by atoms with van der Waals surface area (Å²) < 4.78 is 17.9. The summed E-state index contributed by atoms with van der Waals surface area (Å²) >= 11 is 0. The molecule has 1 aliphatic heterocycles. The molecule has 6 heteroatoms. The Kier molecular flexibility index (Phi) is 7.02. The summed E-state index contributed by atoms with van der Waals surface area (Å²) in [6.45, 7) is 8.95. The molecule has 1 fully saturated rings. The van der Waals surface area contributed by atoms with Crippen molar-refractivity contribution < 1.29 is 13.7 Å². The van der Waals surface area contributed by atoms with Gasteiger partial charge < -0.3 is 10.1 Å². The van der Waals surface area contributed by atoms with E-state index in [-0.39, 0.29) is 18.2 Å². The maximum Gasteiger partial charge on any atom is 0.410 e. The highest BCUT2D eigenvalue weighted by atomic mass is 32.2. The lowest BCUT2D eigenvalue weighted by molar-refractivity contribution is 0.0141. The number of hydrogen-bond donors (Lipinski definition) is 1. The first-order valence-electron chi connectivity index (χ1n) is 8.90. The lowest BCUT2D eigenvalue weighted by Gasteiger charge is -2.38. The van der Waals surface area contributed by atoms with Crippen molar-refractivity contribution in [1.82, 2.24) is 10.2 Å². The van der Waals surface area contributed by atoms with E-state index >= 15 is 0 Å². The molecule has 3 atom stereocenters. The molecule has 5 nitrogen and oxygen atoms in total. The van der Waals surface area contributed by atoms with Gasteiger partial charge in [0.1, 0.15) is 5.60 Å². The molecule has 0 radical (unpaired) electrons. The zero-order chi connectivity index (χ0) is 18.4. The fraction of sp³-hybridized carbons (Fsp3) is 0.632. The Morgan fingerprint density at radius 1 is 1.28 bits per heavy atom. The summed E-state index contributed by atoms with van der Waals surface area (Å²) in [4.78, 5) is 14.6. The van der Waals surface area contributed by atoms with Gasteiger partial charge in [0.2, 0.25) is 0 Å². The van der Waals surface area contributed by atoms with Crippen LogP contribution in [0.5, 0.6) is 0 Å². The minimum atomic E-state index is -0.932. The molecule has 25 heavy (non-hydrogen) atoms. The van der Waals surface area contributed by atoms with E-state index < -0.39 is 16.4 Å². The van der Waals surface area contributed by atoms with E-state index in [1.54, 1.807) is 4.90 Å². The Morgan fingerprint density at radius 2 is 1.96 bits per heavy atom. The third-order valence-electron chi connectivity index (χ3n) is 4.08. The van der Waals surface area contributed by atoms with Crippen LogP contribution in [0, 0.1) is 0 Å². The van der Waals surface area contributed by atoms with Crippen molar-refractivity contribution >= 4 is 16.9 Å². The second-order valence-electron chi connectivity index (χ2n) is 7.51. The van der Waals surface area contributed by atoms with Crippen molar-refractivity contribution in [3.8, 4) is 0 Å². The van der Waals surface area contributed by atoms with Gasteiger partial charge in [-0.2, -0.15) is 0 Å². The smallest absolute Gasteiger partial charge is 0.410 e. The average molecular weight is 367 g/mol. The average Bonchev–Trinajstić information content (AvgIpc) is 2.51. The van der Waals surface area contributed by atoms with Gasteiger partial charge in [0.15, 0.2) is 0 Å². The number of nitrogens with zero attached hydrogens (tertiary/aromatic N) is 1.